The largest absolute Gasteiger partial charge is 0.486 e. The van der Waals surface area contributed by atoms with Gasteiger partial charge in [-0.3, -0.25) is 4.68 Å². The third-order valence-electron chi connectivity index (χ3n) is 2.66. The van der Waals surface area contributed by atoms with Crippen LogP contribution in [-0.4, -0.2) is 9.78 Å². The zero-order valence-electron chi connectivity index (χ0n) is 10.3. The first-order valence-electron chi connectivity index (χ1n) is 5.57. The van der Waals surface area contributed by atoms with Crippen molar-refractivity contribution < 1.29 is 4.74 Å². The third-order valence-corrected chi connectivity index (χ3v) is 3.57. The minimum absolute atomic E-state index is 0.430. The Labute approximate surface area is 120 Å². The highest BCUT2D eigenvalue weighted by Crippen LogP contribution is 2.30. The summed E-state index contributed by atoms with van der Waals surface area (Å²) in [7, 11) is 1.91. The van der Waals surface area contributed by atoms with Crippen molar-refractivity contribution in [1.82, 2.24) is 9.78 Å². The Morgan fingerprint density at radius 2 is 2.22 bits per heavy atom. The molecule has 1 aromatic carbocycles. The smallest absolute Gasteiger partial charge is 0.138 e. The second-order valence-electron chi connectivity index (χ2n) is 4.05. The lowest BCUT2D eigenvalue weighted by atomic mass is 10.2. The number of para-hydroxylation sites is 1. The lowest BCUT2D eigenvalue weighted by molar-refractivity contribution is 0.291. The second-order valence-corrected chi connectivity index (χ2v) is 5.17. The molecule has 1 heterocycles. The van der Waals surface area contributed by atoms with Crippen LogP contribution in [0, 0.1) is 6.92 Å². The first-order valence-corrected chi connectivity index (χ1v) is 6.90. The first-order chi connectivity index (χ1) is 8.61. The summed E-state index contributed by atoms with van der Waals surface area (Å²) in [6, 6.07) is 7.86. The van der Waals surface area contributed by atoms with E-state index in [0.29, 0.717) is 12.5 Å². The lowest BCUT2D eigenvalue weighted by Crippen LogP contribution is -2.04. The van der Waals surface area contributed by atoms with Gasteiger partial charge in [0.15, 0.2) is 0 Å². The highest BCUT2D eigenvalue weighted by atomic mass is 79.9. The summed E-state index contributed by atoms with van der Waals surface area (Å²) in [6.45, 7) is 2.44. The fraction of sp³-hybridized carbons (Fsp3) is 0.308. The maximum atomic E-state index is 5.90. The van der Waals surface area contributed by atoms with Crippen molar-refractivity contribution in [1.29, 1.82) is 0 Å². The molecule has 18 heavy (non-hydrogen) atoms. The van der Waals surface area contributed by atoms with Crippen LogP contribution >= 0.6 is 27.5 Å². The van der Waals surface area contributed by atoms with E-state index in [1.165, 1.54) is 0 Å². The van der Waals surface area contributed by atoms with Gasteiger partial charge in [-0.05, 0) is 35.0 Å². The Balaban J connectivity index is 2.17. The number of rotatable bonds is 4. The zero-order valence-corrected chi connectivity index (χ0v) is 12.6. The van der Waals surface area contributed by atoms with Gasteiger partial charge in [0.2, 0.25) is 0 Å². The normalized spacial score (nSPS) is 10.7. The van der Waals surface area contributed by atoms with E-state index in [9.17, 15) is 0 Å². The summed E-state index contributed by atoms with van der Waals surface area (Å²) >= 11 is 9.38. The Morgan fingerprint density at radius 3 is 2.83 bits per heavy atom. The average Bonchev–Trinajstić information content (AvgIpc) is 2.66. The maximum Gasteiger partial charge on any atom is 0.138 e. The molecule has 1 aromatic heterocycles. The van der Waals surface area contributed by atoms with Crippen LogP contribution in [0.15, 0.2) is 28.7 Å². The van der Waals surface area contributed by atoms with E-state index in [4.69, 9.17) is 16.3 Å². The summed E-state index contributed by atoms with van der Waals surface area (Å²) in [5, 5.41) is 4.29. The van der Waals surface area contributed by atoms with E-state index >= 15 is 0 Å². The molecule has 0 radical (unpaired) electrons. The fourth-order valence-corrected chi connectivity index (χ4v) is 2.50. The van der Waals surface area contributed by atoms with Crippen LogP contribution in [-0.2, 0) is 19.5 Å². The molecule has 5 heteroatoms. The van der Waals surface area contributed by atoms with Gasteiger partial charge >= 0.3 is 0 Å². The minimum Gasteiger partial charge on any atom is -0.486 e. The Morgan fingerprint density at radius 1 is 1.44 bits per heavy atom. The molecule has 0 N–H and O–H groups in total. The topological polar surface area (TPSA) is 27.1 Å². The summed E-state index contributed by atoms with van der Waals surface area (Å²) < 4.78 is 8.59. The number of ether oxygens (including phenoxy) is 1. The van der Waals surface area contributed by atoms with Crippen molar-refractivity contribution in [3.8, 4) is 5.75 Å². The van der Waals surface area contributed by atoms with Crippen LogP contribution in [0.1, 0.15) is 17.0 Å². The van der Waals surface area contributed by atoms with E-state index in [2.05, 4.69) is 21.0 Å². The molecule has 0 aliphatic heterocycles. The highest BCUT2D eigenvalue weighted by molar-refractivity contribution is 9.10. The number of benzene rings is 1. The van der Waals surface area contributed by atoms with Crippen LogP contribution in [0.4, 0.5) is 0 Å². The second kappa shape index (κ2) is 5.76. The monoisotopic (exact) mass is 328 g/mol. The van der Waals surface area contributed by atoms with Crippen molar-refractivity contribution in [2.24, 2.45) is 7.05 Å². The molecule has 0 saturated carbocycles. The summed E-state index contributed by atoms with van der Waals surface area (Å²) in [4.78, 5) is 0. The van der Waals surface area contributed by atoms with E-state index in [0.717, 1.165) is 27.2 Å². The van der Waals surface area contributed by atoms with Gasteiger partial charge in [-0.15, -0.1) is 11.6 Å². The van der Waals surface area contributed by atoms with Crippen LogP contribution in [0.3, 0.4) is 0 Å². The predicted octanol–water partition coefficient (Wildman–Crippen LogP) is 3.81. The number of aryl methyl sites for hydroxylation is 2. The van der Waals surface area contributed by atoms with Gasteiger partial charge in [0, 0.05) is 12.6 Å². The number of alkyl halides is 1. The molecule has 2 rings (SSSR count). The average molecular weight is 330 g/mol. The SMILES string of the molecule is Cc1cc(COc2c(Br)cccc2CCl)n(C)n1. The molecular weight excluding hydrogens is 316 g/mol. The Hall–Kier alpha value is -1.00. The number of hydrogen-bond acceptors (Lipinski definition) is 2. The van der Waals surface area contributed by atoms with Gasteiger partial charge in [0.1, 0.15) is 12.4 Å². The third kappa shape index (κ3) is 2.87. The molecule has 0 amide bonds. The Bertz CT molecular complexity index is 554. The van der Waals surface area contributed by atoms with Gasteiger partial charge < -0.3 is 4.74 Å². The van der Waals surface area contributed by atoms with Crippen molar-refractivity contribution in [3.05, 3.63) is 45.7 Å². The zero-order chi connectivity index (χ0) is 13.1. The van der Waals surface area contributed by atoms with E-state index in [1.54, 1.807) is 0 Å². The molecular formula is C13H14BrClN2O. The van der Waals surface area contributed by atoms with Gasteiger partial charge in [0.25, 0.3) is 0 Å². The molecule has 0 atom stereocenters. The van der Waals surface area contributed by atoms with E-state index < -0.39 is 0 Å². The van der Waals surface area contributed by atoms with E-state index in [1.807, 2.05) is 42.9 Å². The van der Waals surface area contributed by atoms with Crippen molar-refractivity contribution in [2.45, 2.75) is 19.4 Å². The summed E-state index contributed by atoms with van der Waals surface area (Å²) in [5.74, 6) is 1.23. The molecule has 0 spiro atoms. The van der Waals surface area contributed by atoms with Gasteiger partial charge in [-0.25, -0.2) is 0 Å². The van der Waals surface area contributed by atoms with Gasteiger partial charge in [-0.1, -0.05) is 12.1 Å². The molecule has 0 bridgehead atoms. The van der Waals surface area contributed by atoms with Crippen LogP contribution in [0.2, 0.25) is 0 Å². The molecule has 0 saturated heterocycles. The lowest BCUT2D eigenvalue weighted by Gasteiger charge is -2.11. The van der Waals surface area contributed by atoms with Crippen LogP contribution in [0.5, 0.6) is 5.75 Å². The quantitative estimate of drug-likeness (QED) is 0.798. The minimum atomic E-state index is 0.430. The Kier molecular flexibility index (Phi) is 4.30. The predicted molar refractivity (Wildman–Crippen MR) is 76.0 cm³/mol. The fourth-order valence-electron chi connectivity index (χ4n) is 1.77. The number of nitrogens with zero attached hydrogens (tertiary/aromatic N) is 2. The molecule has 2 aromatic rings. The van der Waals surface area contributed by atoms with E-state index in [-0.39, 0.29) is 0 Å². The standard InChI is InChI=1S/C13H14BrClN2O/c1-9-6-11(17(2)16-9)8-18-13-10(7-15)4-3-5-12(13)14/h3-6H,7-8H2,1-2H3. The number of aromatic nitrogens is 2. The molecule has 0 fully saturated rings. The van der Waals surface area contributed by atoms with Crippen molar-refractivity contribution >= 4 is 27.5 Å². The molecule has 0 aliphatic rings. The number of hydrogen-bond donors (Lipinski definition) is 0. The molecule has 3 nitrogen and oxygen atoms in total. The molecule has 0 aliphatic carbocycles. The van der Waals surface area contributed by atoms with Crippen molar-refractivity contribution in [2.75, 3.05) is 0 Å². The van der Waals surface area contributed by atoms with Crippen LogP contribution < -0.4 is 4.74 Å². The van der Waals surface area contributed by atoms with Crippen LogP contribution in [0.25, 0.3) is 0 Å². The summed E-state index contributed by atoms with van der Waals surface area (Å²) in [6.07, 6.45) is 0. The molecule has 96 valence electrons. The van der Waals surface area contributed by atoms with Gasteiger partial charge in [0.05, 0.1) is 21.7 Å². The van der Waals surface area contributed by atoms with Crippen molar-refractivity contribution in [3.63, 3.8) is 0 Å². The van der Waals surface area contributed by atoms with Gasteiger partial charge in [-0.2, -0.15) is 5.10 Å². The molecule has 0 unspecified atom stereocenters. The summed E-state index contributed by atoms with van der Waals surface area (Å²) in [5.41, 5.74) is 2.99. The first kappa shape index (κ1) is 13.4. The number of halogens is 2. The highest BCUT2D eigenvalue weighted by Gasteiger charge is 2.09. The maximum absolute atomic E-state index is 5.90.